The molecular formula is C10H14N4O2. The third-order valence-corrected chi connectivity index (χ3v) is 2.63. The highest BCUT2D eigenvalue weighted by Crippen LogP contribution is 2.09. The first-order valence-electron chi connectivity index (χ1n) is 5.23. The molecule has 1 unspecified atom stereocenters. The van der Waals surface area contributed by atoms with Crippen molar-refractivity contribution in [2.75, 3.05) is 19.6 Å². The first-order chi connectivity index (χ1) is 7.68. The van der Waals surface area contributed by atoms with Crippen LogP contribution in [0, 0.1) is 0 Å². The number of hydrogen-bond acceptors (Lipinski definition) is 3. The maximum absolute atomic E-state index is 12.0. The first-order valence-corrected chi connectivity index (χ1v) is 5.23. The molecule has 0 aromatic carbocycles. The summed E-state index contributed by atoms with van der Waals surface area (Å²) in [5, 5.41) is 6.71. The SMILES string of the molecule is CC(C(=O)N1CCNC(=O)C1)n1cccn1. The number of carbonyl (C=O) groups is 2. The molecule has 1 saturated heterocycles. The number of nitrogens with zero attached hydrogens (tertiary/aromatic N) is 3. The van der Waals surface area contributed by atoms with Crippen molar-refractivity contribution < 1.29 is 9.59 Å². The van der Waals surface area contributed by atoms with Gasteiger partial charge in [-0.05, 0) is 13.0 Å². The van der Waals surface area contributed by atoms with Gasteiger partial charge in [0.2, 0.25) is 11.8 Å². The lowest BCUT2D eigenvalue weighted by Gasteiger charge is -2.29. The van der Waals surface area contributed by atoms with Crippen molar-refractivity contribution in [1.29, 1.82) is 0 Å². The van der Waals surface area contributed by atoms with E-state index >= 15 is 0 Å². The molecule has 1 fully saturated rings. The fourth-order valence-electron chi connectivity index (χ4n) is 1.71. The van der Waals surface area contributed by atoms with Crippen LogP contribution in [0.25, 0.3) is 0 Å². The molecule has 0 radical (unpaired) electrons. The van der Waals surface area contributed by atoms with Gasteiger partial charge in [-0.3, -0.25) is 14.3 Å². The van der Waals surface area contributed by atoms with Crippen LogP contribution < -0.4 is 5.32 Å². The lowest BCUT2D eigenvalue weighted by molar-refractivity contribution is -0.140. The normalized spacial score (nSPS) is 18.1. The zero-order valence-electron chi connectivity index (χ0n) is 9.09. The molecule has 16 heavy (non-hydrogen) atoms. The van der Waals surface area contributed by atoms with Gasteiger partial charge in [-0.2, -0.15) is 5.10 Å². The lowest BCUT2D eigenvalue weighted by Crippen LogP contribution is -2.51. The molecule has 2 rings (SSSR count). The second-order valence-electron chi connectivity index (χ2n) is 3.77. The lowest BCUT2D eigenvalue weighted by atomic mass is 10.2. The van der Waals surface area contributed by atoms with Gasteiger partial charge in [0, 0.05) is 25.5 Å². The molecule has 2 heterocycles. The molecule has 0 saturated carbocycles. The smallest absolute Gasteiger partial charge is 0.247 e. The van der Waals surface area contributed by atoms with E-state index in [0.717, 1.165) is 0 Å². The number of carbonyl (C=O) groups excluding carboxylic acids is 2. The van der Waals surface area contributed by atoms with Crippen LogP contribution in [0.1, 0.15) is 13.0 Å². The van der Waals surface area contributed by atoms with E-state index in [9.17, 15) is 9.59 Å². The van der Waals surface area contributed by atoms with Gasteiger partial charge in [0.15, 0.2) is 0 Å². The number of hydrogen-bond donors (Lipinski definition) is 1. The Hall–Kier alpha value is -1.85. The summed E-state index contributed by atoms with van der Waals surface area (Å²) in [6, 6.07) is 1.41. The average Bonchev–Trinajstić information content (AvgIpc) is 2.80. The van der Waals surface area contributed by atoms with Crippen molar-refractivity contribution in [3.63, 3.8) is 0 Å². The van der Waals surface area contributed by atoms with Gasteiger partial charge in [0.1, 0.15) is 6.04 Å². The summed E-state index contributed by atoms with van der Waals surface area (Å²) in [4.78, 5) is 24.7. The van der Waals surface area contributed by atoms with E-state index in [1.165, 1.54) is 0 Å². The van der Waals surface area contributed by atoms with Crippen LogP contribution in [-0.4, -0.2) is 46.1 Å². The molecule has 1 aliphatic heterocycles. The van der Waals surface area contributed by atoms with Crippen molar-refractivity contribution in [2.45, 2.75) is 13.0 Å². The standard InChI is InChI=1S/C10H14N4O2/c1-8(14-5-2-3-12-14)10(16)13-6-4-11-9(15)7-13/h2-3,5,8H,4,6-7H2,1H3,(H,11,15). The second kappa shape index (κ2) is 4.34. The minimum atomic E-state index is -0.360. The average molecular weight is 222 g/mol. The molecule has 1 aliphatic rings. The van der Waals surface area contributed by atoms with Crippen molar-refractivity contribution in [3.8, 4) is 0 Å². The highest BCUT2D eigenvalue weighted by molar-refractivity contribution is 5.87. The van der Waals surface area contributed by atoms with Gasteiger partial charge in [0.25, 0.3) is 0 Å². The van der Waals surface area contributed by atoms with Crippen molar-refractivity contribution in [1.82, 2.24) is 20.0 Å². The zero-order valence-corrected chi connectivity index (χ0v) is 9.09. The molecule has 0 bridgehead atoms. The fourth-order valence-corrected chi connectivity index (χ4v) is 1.71. The summed E-state index contributed by atoms with van der Waals surface area (Å²) in [7, 11) is 0. The van der Waals surface area contributed by atoms with Crippen LogP contribution in [0.15, 0.2) is 18.5 Å². The Balaban J connectivity index is 2.04. The Labute approximate surface area is 93.2 Å². The summed E-state index contributed by atoms with van der Waals surface area (Å²) in [6.07, 6.45) is 3.37. The predicted octanol–water partition coefficient (Wildman–Crippen LogP) is -0.597. The number of amides is 2. The fraction of sp³-hybridized carbons (Fsp3) is 0.500. The Morgan fingerprint density at radius 3 is 3.06 bits per heavy atom. The minimum Gasteiger partial charge on any atom is -0.353 e. The van der Waals surface area contributed by atoms with Gasteiger partial charge < -0.3 is 10.2 Å². The van der Waals surface area contributed by atoms with E-state index < -0.39 is 0 Å². The molecule has 1 N–H and O–H groups in total. The number of rotatable bonds is 2. The first kappa shape index (κ1) is 10.7. The van der Waals surface area contributed by atoms with E-state index in [1.807, 2.05) is 0 Å². The van der Waals surface area contributed by atoms with Gasteiger partial charge in [-0.25, -0.2) is 0 Å². The highest BCUT2D eigenvalue weighted by atomic mass is 16.2. The Bertz CT molecular complexity index is 388. The zero-order chi connectivity index (χ0) is 11.5. The quantitative estimate of drug-likeness (QED) is 0.726. The van der Waals surface area contributed by atoms with Gasteiger partial charge in [-0.1, -0.05) is 0 Å². The summed E-state index contributed by atoms with van der Waals surface area (Å²) in [5.74, 6) is -0.175. The molecule has 6 heteroatoms. The molecule has 0 spiro atoms. The number of aromatic nitrogens is 2. The Morgan fingerprint density at radius 2 is 2.44 bits per heavy atom. The van der Waals surface area contributed by atoms with Gasteiger partial charge in [-0.15, -0.1) is 0 Å². The van der Waals surface area contributed by atoms with E-state index in [2.05, 4.69) is 10.4 Å². The molecule has 86 valence electrons. The summed E-state index contributed by atoms with van der Waals surface area (Å²) >= 11 is 0. The second-order valence-corrected chi connectivity index (χ2v) is 3.77. The largest absolute Gasteiger partial charge is 0.353 e. The minimum absolute atomic E-state index is 0.0708. The van der Waals surface area contributed by atoms with E-state index in [1.54, 1.807) is 35.0 Å². The van der Waals surface area contributed by atoms with Crippen molar-refractivity contribution in [2.24, 2.45) is 0 Å². The summed E-state index contributed by atoms with van der Waals surface area (Å²) in [6.45, 7) is 3.01. The van der Waals surface area contributed by atoms with Crippen LogP contribution in [0.4, 0.5) is 0 Å². The molecule has 2 amide bonds. The Morgan fingerprint density at radius 1 is 1.62 bits per heavy atom. The third kappa shape index (κ3) is 2.05. The molecule has 1 atom stereocenters. The van der Waals surface area contributed by atoms with Crippen LogP contribution in [0.3, 0.4) is 0 Å². The number of nitrogens with one attached hydrogen (secondary N) is 1. The van der Waals surface area contributed by atoms with Gasteiger partial charge >= 0.3 is 0 Å². The van der Waals surface area contributed by atoms with E-state index in [4.69, 9.17) is 0 Å². The van der Waals surface area contributed by atoms with Crippen molar-refractivity contribution >= 4 is 11.8 Å². The maximum Gasteiger partial charge on any atom is 0.247 e. The van der Waals surface area contributed by atoms with Crippen molar-refractivity contribution in [3.05, 3.63) is 18.5 Å². The molecular weight excluding hydrogens is 208 g/mol. The van der Waals surface area contributed by atoms with E-state index in [0.29, 0.717) is 13.1 Å². The summed E-state index contributed by atoms with van der Waals surface area (Å²) in [5.41, 5.74) is 0. The van der Waals surface area contributed by atoms with Gasteiger partial charge in [0.05, 0.1) is 6.54 Å². The predicted molar refractivity (Wildman–Crippen MR) is 56.5 cm³/mol. The van der Waals surface area contributed by atoms with E-state index in [-0.39, 0.29) is 24.4 Å². The van der Waals surface area contributed by atoms with Crippen LogP contribution in [0.5, 0.6) is 0 Å². The van der Waals surface area contributed by atoms with Crippen LogP contribution in [-0.2, 0) is 9.59 Å². The van der Waals surface area contributed by atoms with Crippen LogP contribution >= 0.6 is 0 Å². The molecule has 6 nitrogen and oxygen atoms in total. The third-order valence-electron chi connectivity index (χ3n) is 2.63. The van der Waals surface area contributed by atoms with Crippen LogP contribution in [0.2, 0.25) is 0 Å². The maximum atomic E-state index is 12.0. The monoisotopic (exact) mass is 222 g/mol. The summed E-state index contributed by atoms with van der Waals surface area (Å²) < 4.78 is 1.59. The Kier molecular flexibility index (Phi) is 2.89. The topological polar surface area (TPSA) is 67.2 Å². The molecule has 1 aromatic heterocycles. The number of piperazine rings is 1. The molecule has 0 aliphatic carbocycles. The molecule has 1 aromatic rings. The highest BCUT2D eigenvalue weighted by Gasteiger charge is 2.26.